The molecule has 0 radical (unpaired) electrons. The van der Waals surface area contributed by atoms with Crippen LogP contribution in [0.4, 0.5) is 0 Å². The van der Waals surface area contributed by atoms with Gasteiger partial charge in [0.05, 0.1) is 0 Å². The zero-order chi connectivity index (χ0) is 12.9. The Bertz CT molecular complexity index is 351. The van der Waals surface area contributed by atoms with Crippen molar-refractivity contribution in [1.82, 2.24) is 4.90 Å². The second-order valence-corrected chi connectivity index (χ2v) is 4.87. The maximum atomic E-state index is 9.74. The van der Waals surface area contributed by atoms with E-state index in [4.69, 9.17) is 10.5 Å². The van der Waals surface area contributed by atoms with Gasteiger partial charge in [-0.05, 0) is 38.7 Å². The normalized spacial score (nSPS) is 14.7. The van der Waals surface area contributed by atoms with Crippen LogP contribution in [0.25, 0.3) is 0 Å². The Labute approximate surface area is 103 Å². The van der Waals surface area contributed by atoms with Crippen molar-refractivity contribution in [3.05, 3.63) is 29.8 Å². The minimum absolute atomic E-state index is 0.185. The standard InChI is InChI=1S/C13H22N2O2/c1-13(16,9-14)10-17-12-6-4-5-11(7-12)8-15(2)3/h4-7,16H,8-10,14H2,1-3H3. The fraction of sp³-hybridized carbons (Fsp3) is 0.538. The lowest BCUT2D eigenvalue weighted by Crippen LogP contribution is -2.40. The van der Waals surface area contributed by atoms with E-state index in [0.717, 1.165) is 12.3 Å². The molecule has 1 unspecified atom stereocenters. The van der Waals surface area contributed by atoms with Gasteiger partial charge >= 0.3 is 0 Å². The van der Waals surface area contributed by atoms with E-state index in [1.807, 2.05) is 38.4 Å². The van der Waals surface area contributed by atoms with Gasteiger partial charge in [-0.2, -0.15) is 0 Å². The third-order valence-electron chi connectivity index (χ3n) is 2.39. The van der Waals surface area contributed by atoms with E-state index in [-0.39, 0.29) is 13.2 Å². The lowest BCUT2D eigenvalue weighted by molar-refractivity contribution is 0.0195. The highest BCUT2D eigenvalue weighted by Crippen LogP contribution is 2.15. The maximum Gasteiger partial charge on any atom is 0.119 e. The smallest absolute Gasteiger partial charge is 0.119 e. The van der Waals surface area contributed by atoms with E-state index in [2.05, 4.69) is 4.90 Å². The van der Waals surface area contributed by atoms with Crippen molar-refractivity contribution in [1.29, 1.82) is 0 Å². The summed E-state index contributed by atoms with van der Waals surface area (Å²) in [5, 5.41) is 9.74. The zero-order valence-corrected chi connectivity index (χ0v) is 10.8. The Balaban J connectivity index is 2.60. The first-order chi connectivity index (χ1) is 7.93. The Hall–Kier alpha value is -1.10. The predicted molar refractivity (Wildman–Crippen MR) is 69.0 cm³/mol. The first-order valence-electron chi connectivity index (χ1n) is 5.72. The summed E-state index contributed by atoms with van der Waals surface area (Å²) >= 11 is 0. The molecule has 0 aliphatic rings. The summed E-state index contributed by atoms with van der Waals surface area (Å²) in [6.45, 7) is 2.92. The van der Waals surface area contributed by atoms with Crippen molar-refractivity contribution in [2.75, 3.05) is 27.2 Å². The van der Waals surface area contributed by atoms with Crippen molar-refractivity contribution in [2.24, 2.45) is 5.73 Å². The lowest BCUT2D eigenvalue weighted by atomic mass is 10.1. The van der Waals surface area contributed by atoms with Crippen molar-refractivity contribution < 1.29 is 9.84 Å². The summed E-state index contributed by atoms with van der Waals surface area (Å²) in [5.74, 6) is 0.762. The SMILES string of the molecule is CN(C)Cc1cccc(OCC(C)(O)CN)c1. The van der Waals surface area contributed by atoms with Crippen LogP contribution in [0.5, 0.6) is 5.75 Å². The van der Waals surface area contributed by atoms with Crippen LogP contribution in [0.2, 0.25) is 0 Å². The number of ether oxygens (including phenoxy) is 1. The molecule has 1 atom stereocenters. The molecular formula is C13H22N2O2. The molecular weight excluding hydrogens is 216 g/mol. The maximum absolute atomic E-state index is 9.74. The van der Waals surface area contributed by atoms with Gasteiger partial charge in [0.15, 0.2) is 0 Å². The van der Waals surface area contributed by atoms with Crippen LogP contribution < -0.4 is 10.5 Å². The summed E-state index contributed by atoms with van der Waals surface area (Å²) < 4.78 is 5.54. The molecule has 3 N–H and O–H groups in total. The van der Waals surface area contributed by atoms with E-state index in [1.165, 1.54) is 5.56 Å². The third-order valence-corrected chi connectivity index (χ3v) is 2.39. The van der Waals surface area contributed by atoms with E-state index in [9.17, 15) is 5.11 Å². The molecule has 0 heterocycles. The Kier molecular flexibility index (Phi) is 4.93. The van der Waals surface area contributed by atoms with Gasteiger partial charge < -0.3 is 20.5 Å². The van der Waals surface area contributed by atoms with E-state index in [1.54, 1.807) is 6.92 Å². The van der Waals surface area contributed by atoms with Gasteiger partial charge in [0.2, 0.25) is 0 Å². The number of hydrogen-bond acceptors (Lipinski definition) is 4. The summed E-state index contributed by atoms with van der Waals surface area (Å²) in [5.41, 5.74) is 5.64. The molecule has 0 aromatic heterocycles. The quantitative estimate of drug-likeness (QED) is 0.771. The molecule has 4 nitrogen and oxygen atoms in total. The van der Waals surface area contributed by atoms with E-state index in [0.29, 0.717) is 0 Å². The van der Waals surface area contributed by atoms with Gasteiger partial charge in [0.1, 0.15) is 18.0 Å². The number of hydrogen-bond donors (Lipinski definition) is 2. The number of benzene rings is 1. The molecule has 0 aliphatic heterocycles. The monoisotopic (exact) mass is 238 g/mol. The number of aliphatic hydroxyl groups is 1. The molecule has 0 bridgehead atoms. The molecule has 0 spiro atoms. The Morgan fingerprint density at radius 2 is 2.12 bits per heavy atom. The summed E-state index contributed by atoms with van der Waals surface area (Å²) in [4.78, 5) is 2.09. The molecule has 0 amide bonds. The van der Waals surface area contributed by atoms with Crippen molar-refractivity contribution >= 4 is 0 Å². The van der Waals surface area contributed by atoms with Crippen molar-refractivity contribution in [3.63, 3.8) is 0 Å². The highest BCUT2D eigenvalue weighted by molar-refractivity contribution is 5.28. The second-order valence-electron chi connectivity index (χ2n) is 4.87. The van der Waals surface area contributed by atoms with Crippen LogP contribution in [0, 0.1) is 0 Å². The Morgan fingerprint density at radius 3 is 2.71 bits per heavy atom. The highest BCUT2D eigenvalue weighted by Gasteiger charge is 2.18. The second kappa shape index (κ2) is 6.00. The molecule has 0 saturated heterocycles. The van der Waals surface area contributed by atoms with E-state index < -0.39 is 5.60 Å². The molecule has 0 aliphatic carbocycles. The van der Waals surface area contributed by atoms with Crippen molar-refractivity contribution in [2.45, 2.75) is 19.1 Å². The van der Waals surface area contributed by atoms with Gasteiger partial charge in [-0.3, -0.25) is 0 Å². The number of nitrogens with zero attached hydrogens (tertiary/aromatic N) is 1. The lowest BCUT2D eigenvalue weighted by Gasteiger charge is -2.21. The van der Waals surface area contributed by atoms with Gasteiger partial charge in [0.25, 0.3) is 0 Å². The van der Waals surface area contributed by atoms with E-state index >= 15 is 0 Å². The predicted octanol–water partition coefficient (Wildman–Crippen LogP) is 0.837. The molecule has 0 fully saturated rings. The van der Waals surface area contributed by atoms with Crippen molar-refractivity contribution in [3.8, 4) is 5.75 Å². The van der Waals surface area contributed by atoms with Gasteiger partial charge in [-0.1, -0.05) is 12.1 Å². The molecule has 0 saturated carbocycles. The summed E-state index contributed by atoms with van der Waals surface area (Å²) in [6.07, 6.45) is 0. The fourth-order valence-corrected chi connectivity index (χ4v) is 1.40. The minimum atomic E-state index is -0.975. The number of rotatable bonds is 6. The summed E-state index contributed by atoms with van der Waals surface area (Å²) in [7, 11) is 4.04. The molecule has 1 aromatic carbocycles. The average Bonchev–Trinajstić information content (AvgIpc) is 2.26. The number of nitrogens with two attached hydrogens (primary N) is 1. The first-order valence-corrected chi connectivity index (χ1v) is 5.72. The molecule has 1 aromatic rings. The van der Waals surface area contributed by atoms with Crippen LogP contribution in [-0.2, 0) is 6.54 Å². The highest BCUT2D eigenvalue weighted by atomic mass is 16.5. The molecule has 17 heavy (non-hydrogen) atoms. The zero-order valence-electron chi connectivity index (χ0n) is 10.8. The molecule has 1 rings (SSSR count). The average molecular weight is 238 g/mol. The van der Waals surface area contributed by atoms with Crippen LogP contribution in [-0.4, -0.2) is 42.9 Å². The van der Waals surface area contributed by atoms with Crippen LogP contribution in [0.15, 0.2) is 24.3 Å². The van der Waals surface area contributed by atoms with Gasteiger partial charge in [0, 0.05) is 13.1 Å². The summed E-state index contributed by atoms with van der Waals surface area (Å²) in [6, 6.07) is 7.86. The van der Waals surface area contributed by atoms with Gasteiger partial charge in [-0.15, -0.1) is 0 Å². The molecule has 96 valence electrons. The van der Waals surface area contributed by atoms with Gasteiger partial charge in [-0.25, -0.2) is 0 Å². The fourth-order valence-electron chi connectivity index (χ4n) is 1.40. The third kappa shape index (κ3) is 5.17. The Morgan fingerprint density at radius 1 is 1.41 bits per heavy atom. The topological polar surface area (TPSA) is 58.7 Å². The molecule has 4 heteroatoms. The largest absolute Gasteiger partial charge is 0.491 e. The first kappa shape index (κ1) is 14.0. The van der Waals surface area contributed by atoms with Crippen LogP contribution in [0.3, 0.4) is 0 Å². The minimum Gasteiger partial charge on any atom is -0.491 e. The van der Waals surface area contributed by atoms with Crippen LogP contribution >= 0.6 is 0 Å². The van der Waals surface area contributed by atoms with Crippen LogP contribution in [0.1, 0.15) is 12.5 Å².